The number of esters is 1. The molecule has 0 rings (SSSR count). The Morgan fingerprint density at radius 3 is 2.33 bits per heavy atom. The highest BCUT2D eigenvalue weighted by Crippen LogP contribution is 2.31. The van der Waals surface area contributed by atoms with Crippen LogP contribution in [0.4, 0.5) is 4.79 Å². The smallest absolute Gasteiger partial charge is 0.407 e. The summed E-state index contributed by atoms with van der Waals surface area (Å²) in [6, 6.07) is 0. The molecule has 1 atom stereocenters. The third-order valence-corrected chi connectivity index (χ3v) is 3.39. The molecule has 1 N–H and O–H groups in total. The maximum absolute atomic E-state index is 11.4. The molecule has 21 heavy (non-hydrogen) atoms. The number of nitrogens with one attached hydrogen (secondary N) is 1. The zero-order chi connectivity index (χ0) is 16.3. The molecule has 0 aliphatic rings. The molecule has 124 valence electrons. The van der Waals surface area contributed by atoms with Gasteiger partial charge in [0.1, 0.15) is 0 Å². The second-order valence-corrected chi connectivity index (χ2v) is 6.21. The standard InChI is InChI=1S/C16H31NO4/c1-6-20-14(18)8-10-16(4,5)12-13(3)9-11-17-15(19)21-7-2/h13H,6-12H2,1-5H3,(H,17,19). The van der Waals surface area contributed by atoms with Crippen LogP contribution in [-0.2, 0) is 14.3 Å². The van der Waals surface area contributed by atoms with E-state index < -0.39 is 0 Å². The molecule has 0 fully saturated rings. The molecule has 0 aliphatic carbocycles. The first-order valence-corrected chi connectivity index (χ1v) is 7.87. The molecule has 1 amide bonds. The molecule has 0 saturated carbocycles. The van der Waals surface area contributed by atoms with Crippen molar-refractivity contribution in [2.45, 2.75) is 60.3 Å². The minimum absolute atomic E-state index is 0.0934. The first-order valence-electron chi connectivity index (χ1n) is 7.87. The van der Waals surface area contributed by atoms with Crippen LogP contribution >= 0.6 is 0 Å². The number of amides is 1. The van der Waals surface area contributed by atoms with Crippen LogP contribution in [0.2, 0.25) is 0 Å². The van der Waals surface area contributed by atoms with E-state index in [1.54, 1.807) is 6.92 Å². The highest BCUT2D eigenvalue weighted by atomic mass is 16.5. The Morgan fingerprint density at radius 1 is 1.14 bits per heavy atom. The van der Waals surface area contributed by atoms with Crippen LogP contribution in [0.5, 0.6) is 0 Å². The Kier molecular flexibility index (Phi) is 9.84. The molecule has 0 aromatic carbocycles. The number of alkyl carbamates (subject to hydrolysis) is 1. The van der Waals surface area contributed by atoms with E-state index in [1.807, 2.05) is 6.92 Å². The van der Waals surface area contributed by atoms with E-state index in [2.05, 4.69) is 26.1 Å². The van der Waals surface area contributed by atoms with Crippen LogP contribution in [0, 0.1) is 11.3 Å². The van der Waals surface area contributed by atoms with Crippen molar-refractivity contribution in [3.05, 3.63) is 0 Å². The summed E-state index contributed by atoms with van der Waals surface area (Å²) in [5.74, 6) is 0.353. The lowest BCUT2D eigenvalue weighted by molar-refractivity contribution is -0.143. The van der Waals surface area contributed by atoms with Gasteiger partial charge in [0.25, 0.3) is 0 Å². The van der Waals surface area contributed by atoms with E-state index >= 15 is 0 Å². The monoisotopic (exact) mass is 301 g/mol. The topological polar surface area (TPSA) is 64.6 Å². The SMILES string of the molecule is CCOC(=O)CCC(C)(C)CC(C)CCNC(=O)OCC. The molecule has 0 radical (unpaired) electrons. The van der Waals surface area contributed by atoms with E-state index in [0.717, 1.165) is 19.3 Å². The van der Waals surface area contributed by atoms with Gasteiger partial charge in [-0.3, -0.25) is 4.79 Å². The van der Waals surface area contributed by atoms with Gasteiger partial charge in [-0.05, 0) is 44.4 Å². The summed E-state index contributed by atoms with van der Waals surface area (Å²) in [6.45, 7) is 11.6. The van der Waals surface area contributed by atoms with Gasteiger partial charge in [-0.25, -0.2) is 4.79 Å². The Bertz CT molecular complexity index is 315. The van der Waals surface area contributed by atoms with Gasteiger partial charge in [-0.1, -0.05) is 20.8 Å². The highest BCUT2D eigenvalue weighted by Gasteiger charge is 2.22. The number of carbonyl (C=O) groups is 2. The first kappa shape index (κ1) is 19.7. The average Bonchev–Trinajstić information content (AvgIpc) is 2.36. The molecule has 0 bridgehead atoms. The van der Waals surface area contributed by atoms with Crippen molar-refractivity contribution < 1.29 is 19.1 Å². The van der Waals surface area contributed by atoms with Crippen LogP contribution in [0.1, 0.15) is 60.3 Å². The van der Waals surface area contributed by atoms with E-state index in [1.165, 1.54) is 0 Å². The van der Waals surface area contributed by atoms with E-state index in [-0.39, 0.29) is 17.5 Å². The predicted octanol–water partition coefficient (Wildman–Crippen LogP) is 3.52. The van der Waals surface area contributed by atoms with Gasteiger partial charge < -0.3 is 14.8 Å². The Balaban J connectivity index is 3.92. The van der Waals surface area contributed by atoms with Gasteiger partial charge in [0.15, 0.2) is 0 Å². The number of hydrogen-bond donors (Lipinski definition) is 1. The summed E-state index contributed by atoms with van der Waals surface area (Å²) < 4.78 is 9.77. The molecular formula is C16H31NO4. The Hall–Kier alpha value is -1.26. The maximum Gasteiger partial charge on any atom is 0.407 e. The van der Waals surface area contributed by atoms with Crippen molar-refractivity contribution in [2.75, 3.05) is 19.8 Å². The zero-order valence-corrected chi connectivity index (χ0v) is 14.2. The lowest BCUT2D eigenvalue weighted by Crippen LogP contribution is -2.27. The van der Waals surface area contributed by atoms with Crippen molar-refractivity contribution in [3.8, 4) is 0 Å². The normalized spacial score (nSPS) is 12.6. The number of rotatable bonds is 10. The van der Waals surface area contributed by atoms with Crippen molar-refractivity contribution in [3.63, 3.8) is 0 Å². The number of carbonyl (C=O) groups excluding carboxylic acids is 2. The fourth-order valence-corrected chi connectivity index (χ4v) is 2.42. The fourth-order valence-electron chi connectivity index (χ4n) is 2.42. The molecule has 5 heteroatoms. The summed E-state index contributed by atoms with van der Waals surface area (Å²) in [6.07, 6.45) is 2.85. The first-order chi connectivity index (χ1) is 9.80. The van der Waals surface area contributed by atoms with E-state index in [4.69, 9.17) is 9.47 Å². The molecule has 0 heterocycles. The van der Waals surface area contributed by atoms with Crippen LogP contribution in [0.3, 0.4) is 0 Å². The van der Waals surface area contributed by atoms with E-state index in [0.29, 0.717) is 32.1 Å². The minimum atomic E-state index is -0.355. The fraction of sp³-hybridized carbons (Fsp3) is 0.875. The van der Waals surface area contributed by atoms with Crippen molar-refractivity contribution >= 4 is 12.1 Å². The lowest BCUT2D eigenvalue weighted by atomic mass is 9.79. The molecular weight excluding hydrogens is 270 g/mol. The van der Waals surface area contributed by atoms with Crippen LogP contribution in [-0.4, -0.2) is 31.8 Å². The second kappa shape index (κ2) is 10.5. The zero-order valence-electron chi connectivity index (χ0n) is 14.2. The summed E-state index contributed by atoms with van der Waals surface area (Å²) >= 11 is 0. The number of ether oxygens (including phenoxy) is 2. The molecule has 0 aromatic rings. The molecule has 0 spiro atoms. The summed E-state index contributed by atoms with van der Waals surface area (Å²) in [7, 11) is 0. The van der Waals surface area contributed by atoms with Crippen LogP contribution < -0.4 is 5.32 Å². The highest BCUT2D eigenvalue weighted by molar-refractivity contribution is 5.69. The minimum Gasteiger partial charge on any atom is -0.466 e. The lowest BCUT2D eigenvalue weighted by Gasteiger charge is -2.27. The van der Waals surface area contributed by atoms with Crippen LogP contribution in [0.15, 0.2) is 0 Å². The molecule has 0 saturated heterocycles. The third kappa shape index (κ3) is 11.1. The number of hydrogen-bond acceptors (Lipinski definition) is 4. The Labute approximate surface area is 128 Å². The van der Waals surface area contributed by atoms with Gasteiger partial charge in [-0.15, -0.1) is 0 Å². The quantitative estimate of drug-likeness (QED) is 0.627. The molecule has 1 unspecified atom stereocenters. The van der Waals surface area contributed by atoms with Crippen molar-refractivity contribution in [1.29, 1.82) is 0 Å². The van der Waals surface area contributed by atoms with Gasteiger partial charge in [-0.2, -0.15) is 0 Å². The molecule has 0 aromatic heterocycles. The maximum atomic E-state index is 11.4. The molecule has 0 aliphatic heterocycles. The van der Waals surface area contributed by atoms with Gasteiger partial charge in [0.05, 0.1) is 13.2 Å². The Morgan fingerprint density at radius 2 is 1.76 bits per heavy atom. The second-order valence-electron chi connectivity index (χ2n) is 6.21. The van der Waals surface area contributed by atoms with Crippen LogP contribution in [0.25, 0.3) is 0 Å². The summed E-state index contributed by atoms with van der Waals surface area (Å²) in [5, 5.41) is 2.73. The van der Waals surface area contributed by atoms with Gasteiger partial charge in [0, 0.05) is 13.0 Å². The van der Waals surface area contributed by atoms with Gasteiger partial charge >= 0.3 is 12.1 Å². The van der Waals surface area contributed by atoms with Gasteiger partial charge in [0.2, 0.25) is 0 Å². The predicted molar refractivity (Wildman–Crippen MR) is 83.1 cm³/mol. The largest absolute Gasteiger partial charge is 0.466 e. The van der Waals surface area contributed by atoms with E-state index in [9.17, 15) is 9.59 Å². The van der Waals surface area contributed by atoms with Crippen molar-refractivity contribution in [1.82, 2.24) is 5.32 Å². The third-order valence-electron chi connectivity index (χ3n) is 3.39. The average molecular weight is 301 g/mol. The van der Waals surface area contributed by atoms with Crippen molar-refractivity contribution in [2.24, 2.45) is 11.3 Å². The summed E-state index contributed by atoms with van der Waals surface area (Å²) in [4.78, 5) is 22.6. The summed E-state index contributed by atoms with van der Waals surface area (Å²) in [5.41, 5.74) is 0.0934. The molecule has 5 nitrogen and oxygen atoms in total.